The molecule has 1 aromatic carbocycles. The quantitative estimate of drug-likeness (QED) is 0.464. The van der Waals surface area contributed by atoms with E-state index >= 15 is 0 Å². The SMILES string of the molecule is COc1ccc(-c2nccc3cc(S(=O)(=O)Nc4ccncn4)ccc23)c(N2CCCC2)n1. The van der Waals surface area contributed by atoms with Gasteiger partial charge in [-0.25, -0.2) is 18.4 Å². The van der Waals surface area contributed by atoms with E-state index < -0.39 is 10.0 Å². The first-order valence-corrected chi connectivity index (χ1v) is 12.0. The van der Waals surface area contributed by atoms with Crippen LogP contribution in [0.4, 0.5) is 11.6 Å². The average molecular weight is 463 g/mol. The Balaban J connectivity index is 1.58. The number of anilines is 2. The number of rotatable bonds is 6. The molecule has 10 heteroatoms. The van der Waals surface area contributed by atoms with Crippen molar-refractivity contribution in [2.75, 3.05) is 29.8 Å². The largest absolute Gasteiger partial charge is 0.481 e. The second-order valence-electron chi connectivity index (χ2n) is 7.66. The maximum absolute atomic E-state index is 12.9. The summed E-state index contributed by atoms with van der Waals surface area (Å²) in [4.78, 5) is 19.5. The highest BCUT2D eigenvalue weighted by molar-refractivity contribution is 7.92. The van der Waals surface area contributed by atoms with Crippen LogP contribution in [0.15, 0.2) is 66.1 Å². The van der Waals surface area contributed by atoms with Crippen LogP contribution in [0.2, 0.25) is 0 Å². The molecule has 1 N–H and O–H groups in total. The van der Waals surface area contributed by atoms with Crippen molar-refractivity contribution in [1.29, 1.82) is 0 Å². The summed E-state index contributed by atoms with van der Waals surface area (Å²) in [6, 6.07) is 12.1. The Kier molecular flexibility index (Phi) is 5.51. The number of methoxy groups -OCH3 is 1. The molecule has 33 heavy (non-hydrogen) atoms. The lowest BCUT2D eigenvalue weighted by Crippen LogP contribution is -2.20. The molecule has 5 rings (SSSR count). The molecule has 0 unspecified atom stereocenters. The Morgan fingerprint density at radius 3 is 2.61 bits per heavy atom. The zero-order valence-electron chi connectivity index (χ0n) is 18.0. The van der Waals surface area contributed by atoms with E-state index in [4.69, 9.17) is 9.72 Å². The Hall–Kier alpha value is -3.79. The number of benzene rings is 1. The van der Waals surface area contributed by atoms with Gasteiger partial charge in [-0.05, 0) is 48.6 Å². The fourth-order valence-electron chi connectivity index (χ4n) is 3.98. The second-order valence-corrected chi connectivity index (χ2v) is 9.34. The predicted molar refractivity (Wildman–Crippen MR) is 126 cm³/mol. The van der Waals surface area contributed by atoms with E-state index in [1.807, 2.05) is 12.1 Å². The molecule has 3 aromatic heterocycles. The molecule has 9 nitrogen and oxygen atoms in total. The number of hydrogen-bond donors (Lipinski definition) is 1. The molecule has 1 saturated heterocycles. The second kappa shape index (κ2) is 8.62. The topological polar surface area (TPSA) is 110 Å². The summed E-state index contributed by atoms with van der Waals surface area (Å²) >= 11 is 0. The highest BCUT2D eigenvalue weighted by Gasteiger charge is 2.22. The molecule has 4 aromatic rings. The molecule has 1 fully saturated rings. The standard InChI is InChI=1S/C23H22N6O3S/c1-32-21-7-6-19(23(27-21)29-12-2-3-13-29)22-18-5-4-17(14-16(18)8-11-25-22)33(30,31)28-20-9-10-24-15-26-20/h4-11,14-15H,2-3,12-13H2,1H3,(H,24,26,28). The van der Waals surface area contributed by atoms with Crippen molar-refractivity contribution in [2.24, 2.45) is 0 Å². The van der Waals surface area contributed by atoms with Gasteiger partial charge in [-0.3, -0.25) is 9.71 Å². The summed E-state index contributed by atoms with van der Waals surface area (Å²) in [6.45, 7) is 1.85. The molecule has 168 valence electrons. The normalized spacial score (nSPS) is 13.9. The van der Waals surface area contributed by atoms with Gasteiger partial charge in [-0.1, -0.05) is 6.07 Å². The van der Waals surface area contributed by atoms with Crippen LogP contribution >= 0.6 is 0 Å². The van der Waals surface area contributed by atoms with Gasteiger partial charge in [0.25, 0.3) is 10.0 Å². The number of fused-ring (bicyclic) bond motifs is 1. The molecule has 0 aliphatic carbocycles. The van der Waals surface area contributed by atoms with E-state index in [-0.39, 0.29) is 10.7 Å². The number of sulfonamides is 1. The maximum Gasteiger partial charge on any atom is 0.263 e. The van der Waals surface area contributed by atoms with Crippen LogP contribution < -0.4 is 14.4 Å². The van der Waals surface area contributed by atoms with Gasteiger partial charge < -0.3 is 9.64 Å². The van der Waals surface area contributed by atoms with Crippen LogP contribution in [0, 0.1) is 0 Å². The molecule has 0 atom stereocenters. The summed E-state index contributed by atoms with van der Waals surface area (Å²) in [5, 5.41) is 1.60. The maximum atomic E-state index is 12.9. The van der Waals surface area contributed by atoms with E-state index in [0.717, 1.165) is 53.8 Å². The molecular weight excluding hydrogens is 440 g/mol. The molecule has 0 saturated carbocycles. The van der Waals surface area contributed by atoms with Gasteiger partial charge in [0.15, 0.2) is 0 Å². The molecule has 4 heterocycles. The Bertz CT molecular complexity index is 1410. The molecule has 1 aliphatic heterocycles. The van der Waals surface area contributed by atoms with Crippen LogP contribution in [0.1, 0.15) is 12.8 Å². The lowest BCUT2D eigenvalue weighted by atomic mass is 10.0. The Morgan fingerprint density at radius 2 is 1.85 bits per heavy atom. The molecule has 0 amide bonds. The van der Waals surface area contributed by atoms with Crippen LogP contribution in [-0.4, -0.2) is 48.6 Å². The van der Waals surface area contributed by atoms with Gasteiger partial charge in [-0.2, -0.15) is 4.98 Å². The Morgan fingerprint density at radius 1 is 1.00 bits per heavy atom. The number of aromatic nitrogens is 4. The third-order valence-corrected chi connectivity index (χ3v) is 6.94. The summed E-state index contributed by atoms with van der Waals surface area (Å²) in [7, 11) is -2.21. The summed E-state index contributed by atoms with van der Waals surface area (Å²) in [5.74, 6) is 1.58. The van der Waals surface area contributed by atoms with E-state index in [1.165, 1.54) is 18.6 Å². The lowest BCUT2D eigenvalue weighted by Gasteiger charge is -2.21. The number of nitrogens with zero attached hydrogens (tertiary/aromatic N) is 5. The highest BCUT2D eigenvalue weighted by atomic mass is 32.2. The molecule has 0 bridgehead atoms. The molecule has 0 spiro atoms. The number of ether oxygens (including phenoxy) is 1. The van der Waals surface area contributed by atoms with Crippen molar-refractivity contribution < 1.29 is 13.2 Å². The summed E-state index contributed by atoms with van der Waals surface area (Å²) in [5.41, 5.74) is 1.63. The van der Waals surface area contributed by atoms with Gasteiger partial charge in [0.2, 0.25) is 5.88 Å². The van der Waals surface area contributed by atoms with Crippen molar-refractivity contribution in [3.63, 3.8) is 0 Å². The first kappa shape index (κ1) is 21.1. The zero-order chi connectivity index (χ0) is 22.8. The fraction of sp³-hybridized carbons (Fsp3) is 0.217. The van der Waals surface area contributed by atoms with Gasteiger partial charge in [0.1, 0.15) is 18.0 Å². The van der Waals surface area contributed by atoms with Crippen molar-refractivity contribution in [2.45, 2.75) is 17.7 Å². The van der Waals surface area contributed by atoms with Gasteiger partial charge in [0.05, 0.1) is 17.7 Å². The van der Waals surface area contributed by atoms with Gasteiger partial charge >= 0.3 is 0 Å². The van der Waals surface area contributed by atoms with Crippen LogP contribution in [0.25, 0.3) is 22.0 Å². The highest BCUT2D eigenvalue weighted by Crippen LogP contribution is 2.36. The van der Waals surface area contributed by atoms with Crippen LogP contribution in [0.5, 0.6) is 5.88 Å². The van der Waals surface area contributed by atoms with Gasteiger partial charge in [-0.15, -0.1) is 0 Å². The molecule has 0 radical (unpaired) electrons. The lowest BCUT2D eigenvalue weighted by molar-refractivity contribution is 0.398. The van der Waals surface area contributed by atoms with Crippen molar-refractivity contribution in [1.82, 2.24) is 19.9 Å². The molecule has 1 aliphatic rings. The van der Waals surface area contributed by atoms with E-state index in [0.29, 0.717) is 5.88 Å². The summed E-state index contributed by atoms with van der Waals surface area (Å²) < 4.78 is 33.6. The minimum atomic E-state index is -3.81. The first-order chi connectivity index (χ1) is 16.0. The zero-order valence-corrected chi connectivity index (χ0v) is 18.8. The Labute approximate surface area is 191 Å². The predicted octanol–water partition coefficient (Wildman–Crippen LogP) is 3.50. The number of nitrogens with one attached hydrogen (secondary N) is 1. The van der Waals surface area contributed by atoms with E-state index in [1.54, 1.807) is 37.6 Å². The third-order valence-electron chi connectivity index (χ3n) is 5.59. The average Bonchev–Trinajstić information content (AvgIpc) is 3.38. The molecular formula is C23H22N6O3S. The monoisotopic (exact) mass is 462 g/mol. The summed E-state index contributed by atoms with van der Waals surface area (Å²) in [6.07, 6.45) is 6.68. The number of pyridine rings is 2. The minimum Gasteiger partial charge on any atom is -0.481 e. The van der Waals surface area contributed by atoms with Crippen LogP contribution in [-0.2, 0) is 10.0 Å². The van der Waals surface area contributed by atoms with Crippen LogP contribution in [0.3, 0.4) is 0 Å². The van der Waals surface area contributed by atoms with E-state index in [9.17, 15) is 8.42 Å². The van der Waals surface area contributed by atoms with Gasteiger partial charge in [0, 0.05) is 42.5 Å². The first-order valence-electron chi connectivity index (χ1n) is 10.5. The van der Waals surface area contributed by atoms with E-state index in [2.05, 4.69) is 24.6 Å². The fourth-order valence-corrected chi connectivity index (χ4v) is 5.03. The minimum absolute atomic E-state index is 0.137. The number of hydrogen-bond acceptors (Lipinski definition) is 8. The van der Waals surface area contributed by atoms with Crippen molar-refractivity contribution in [3.8, 4) is 17.1 Å². The third kappa shape index (κ3) is 4.17. The van der Waals surface area contributed by atoms with Crippen molar-refractivity contribution >= 4 is 32.4 Å². The van der Waals surface area contributed by atoms with Crippen molar-refractivity contribution in [3.05, 3.63) is 61.2 Å². The smallest absolute Gasteiger partial charge is 0.263 e.